The number of hydrogen-bond donors (Lipinski definition) is 0. The van der Waals surface area contributed by atoms with Crippen molar-refractivity contribution in [2.24, 2.45) is 0 Å². The van der Waals surface area contributed by atoms with Crippen LogP contribution in [0.15, 0.2) is 17.8 Å². The molecule has 0 saturated heterocycles. The maximum absolute atomic E-state index is 5.69. The zero-order chi connectivity index (χ0) is 9.97. The quantitative estimate of drug-likeness (QED) is 0.755. The van der Waals surface area contributed by atoms with Gasteiger partial charge in [-0.15, -0.1) is 22.9 Å². The summed E-state index contributed by atoms with van der Waals surface area (Å²) < 4.78 is 1.88. The summed E-state index contributed by atoms with van der Waals surface area (Å²) in [6, 6.07) is 0. The molecule has 0 bridgehead atoms. The Morgan fingerprint density at radius 1 is 1.57 bits per heavy atom. The summed E-state index contributed by atoms with van der Waals surface area (Å²) >= 11 is 7.27. The van der Waals surface area contributed by atoms with Crippen molar-refractivity contribution in [2.45, 2.75) is 19.3 Å². The van der Waals surface area contributed by atoms with Gasteiger partial charge in [0.2, 0.25) is 0 Å². The largest absolute Gasteiger partial charge is 0.272 e. The highest BCUT2D eigenvalue weighted by Gasteiger charge is 2.05. The van der Waals surface area contributed by atoms with Gasteiger partial charge in [0.25, 0.3) is 0 Å². The van der Waals surface area contributed by atoms with Crippen LogP contribution in [0.3, 0.4) is 0 Å². The van der Waals surface area contributed by atoms with Gasteiger partial charge in [0, 0.05) is 23.7 Å². The first kappa shape index (κ1) is 9.68. The fourth-order valence-corrected chi connectivity index (χ4v) is 2.07. The summed E-state index contributed by atoms with van der Waals surface area (Å²) in [4.78, 5) is 4.38. The second-order valence-corrected chi connectivity index (χ2v) is 4.05. The fraction of sp³-hybridized carbons (Fsp3) is 0.333. The van der Waals surface area contributed by atoms with Gasteiger partial charge in [-0.1, -0.05) is 0 Å². The predicted octanol–water partition coefficient (Wildman–Crippen LogP) is 2.77. The SMILES string of the molecule is CCn1cc(-c2csc(CCl)n2)cn1. The highest BCUT2D eigenvalue weighted by Crippen LogP contribution is 2.21. The van der Waals surface area contributed by atoms with Crippen molar-refractivity contribution >= 4 is 22.9 Å². The Labute approximate surface area is 91.4 Å². The second-order valence-electron chi connectivity index (χ2n) is 2.84. The Morgan fingerprint density at radius 2 is 2.43 bits per heavy atom. The van der Waals surface area contributed by atoms with Crippen molar-refractivity contribution in [3.63, 3.8) is 0 Å². The molecule has 0 N–H and O–H groups in total. The van der Waals surface area contributed by atoms with E-state index in [-0.39, 0.29) is 0 Å². The molecule has 2 heterocycles. The Bertz CT molecular complexity index is 381. The molecule has 0 fully saturated rings. The van der Waals surface area contributed by atoms with Crippen LogP contribution in [-0.2, 0) is 12.4 Å². The average Bonchev–Trinajstić information content (AvgIpc) is 2.86. The Hall–Kier alpha value is -0.870. The first-order valence-corrected chi connectivity index (χ1v) is 5.78. The number of nitrogens with zero attached hydrogens (tertiary/aromatic N) is 3. The third-order valence-corrected chi connectivity index (χ3v) is 3.18. The molecule has 0 radical (unpaired) electrons. The van der Waals surface area contributed by atoms with Crippen LogP contribution >= 0.6 is 22.9 Å². The highest BCUT2D eigenvalue weighted by molar-refractivity contribution is 7.10. The van der Waals surface area contributed by atoms with E-state index in [9.17, 15) is 0 Å². The van der Waals surface area contributed by atoms with E-state index in [1.54, 1.807) is 11.3 Å². The molecule has 0 spiro atoms. The zero-order valence-corrected chi connectivity index (χ0v) is 9.35. The monoisotopic (exact) mass is 227 g/mol. The number of aromatic nitrogens is 3. The predicted molar refractivity (Wildman–Crippen MR) is 58.6 cm³/mol. The van der Waals surface area contributed by atoms with Crippen LogP contribution in [0.4, 0.5) is 0 Å². The van der Waals surface area contributed by atoms with E-state index in [0.717, 1.165) is 22.8 Å². The van der Waals surface area contributed by atoms with E-state index in [2.05, 4.69) is 17.0 Å². The van der Waals surface area contributed by atoms with Gasteiger partial charge >= 0.3 is 0 Å². The van der Waals surface area contributed by atoms with Crippen LogP contribution < -0.4 is 0 Å². The van der Waals surface area contributed by atoms with Crippen LogP contribution in [0, 0.1) is 0 Å². The topological polar surface area (TPSA) is 30.7 Å². The van der Waals surface area contributed by atoms with Crippen molar-refractivity contribution in [3.05, 3.63) is 22.8 Å². The molecule has 74 valence electrons. The second kappa shape index (κ2) is 4.11. The van der Waals surface area contributed by atoms with E-state index in [1.807, 2.05) is 22.5 Å². The molecule has 5 heteroatoms. The normalized spacial score (nSPS) is 10.7. The maximum Gasteiger partial charge on any atom is 0.108 e. The van der Waals surface area contributed by atoms with Crippen molar-refractivity contribution in [1.82, 2.24) is 14.8 Å². The number of rotatable bonds is 3. The highest BCUT2D eigenvalue weighted by atomic mass is 35.5. The molecule has 0 unspecified atom stereocenters. The van der Waals surface area contributed by atoms with E-state index in [0.29, 0.717) is 5.88 Å². The molecule has 2 rings (SSSR count). The third-order valence-electron chi connectivity index (χ3n) is 1.92. The van der Waals surface area contributed by atoms with Gasteiger partial charge in [-0.2, -0.15) is 5.10 Å². The number of hydrogen-bond acceptors (Lipinski definition) is 3. The van der Waals surface area contributed by atoms with Gasteiger partial charge in [-0.25, -0.2) is 4.98 Å². The van der Waals surface area contributed by atoms with Gasteiger partial charge in [0.05, 0.1) is 17.8 Å². The minimum atomic E-state index is 0.479. The summed E-state index contributed by atoms with van der Waals surface area (Å²) in [7, 11) is 0. The lowest BCUT2D eigenvalue weighted by Gasteiger charge is -1.90. The summed E-state index contributed by atoms with van der Waals surface area (Å²) in [5.74, 6) is 0.479. The molecule has 0 amide bonds. The molecule has 14 heavy (non-hydrogen) atoms. The lowest BCUT2D eigenvalue weighted by Crippen LogP contribution is -1.91. The van der Waals surface area contributed by atoms with Gasteiger partial charge in [-0.3, -0.25) is 4.68 Å². The molecular weight excluding hydrogens is 218 g/mol. The third kappa shape index (κ3) is 1.81. The van der Waals surface area contributed by atoms with Gasteiger partial charge in [-0.05, 0) is 6.92 Å². The van der Waals surface area contributed by atoms with Gasteiger partial charge in [0.1, 0.15) is 5.01 Å². The Morgan fingerprint density at radius 3 is 3.00 bits per heavy atom. The molecule has 0 atom stereocenters. The summed E-state index contributed by atoms with van der Waals surface area (Å²) in [5.41, 5.74) is 2.02. The molecule has 0 saturated carbocycles. The van der Waals surface area contributed by atoms with Crippen molar-refractivity contribution in [2.75, 3.05) is 0 Å². The first-order valence-electron chi connectivity index (χ1n) is 4.36. The van der Waals surface area contributed by atoms with Gasteiger partial charge in [0.15, 0.2) is 0 Å². The fourth-order valence-electron chi connectivity index (χ4n) is 1.17. The summed E-state index contributed by atoms with van der Waals surface area (Å²) in [6.45, 7) is 2.94. The molecule has 2 aromatic heterocycles. The molecular formula is C9H10ClN3S. The molecule has 2 aromatic rings. The van der Waals surface area contributed by atoms with E-state index in [4.69, 9.17) is 11.6 Å². The molecule has 0 aliphatic carbocycles. The van der Waals surface area contributed by atoms with Gasteiger partial charge < -0.3 is 0 Å². The standard InChI is InChI=1S/C9H10ClN3S/c1-2-13-5-7(4-11-13)8-6-14-9(3-10)12-8/h4-6H,2-3H2,1H3. The Balaban J connectivity index is 2.29. The van der Waals surface area contributed by atoms with Crippen molar-refractivity contribution in [3.8, 4) is 11.3 Å². The average molecular weight is 228 g/mol. The van der Waals surface area contributed by atoms with Crippen LogP contribution in [0.1, 0.15) is 11.9 Å². The molecule has 0 aromatic carbocycles. The van der Waals surface area contributed by atoms with Crippen LogP contribution in [0.2, 0.25) is 0 Å². The number of thiazole rings is 1. The summed E-state index contributed by atoms with van der Waals surface area (Å²) in [6.07, 6.45) is 3.82. The van der Waals surface area contributed by atoms with E-state index in [1.165, 1.54) is 0 Å². The number of aryl methyl sites for hydroxylation is 1. The minimum absolute atomic E-state index is 0.479. The number of alkyl halides is 1. The number of halogens is 1. The van der Waals surface area contributed by atoms with Crippen LogP contribution in [0.5, 0.6) is 0 Å². The van der Waals surface area contributed by atoms with Crippen LogP contribution in [0.25, 0.3) is 11.3 Å². The smallest absolute Gasteiger partial charge is 0.108 e. The molecule has 0 aliphatic heterocycles. The first-order chi connectivity index (χ1) is 6.83. The summed E-state index contributed by atoms with van der Waals surface area (Å²) in [5, 5.41) is 7.15. The minimum Gasteiger partial charge on any atom is -0.272 e. The molecule has 3 nitrogen and oxygen atoms in total. The van der Waals surface area contributed by atoms with Crippen molar-refractivity contribution in [1.29, 1.82) is 0 Å². The Kier molecular flexibility index (Phi) is 2.84. The van der Waals surface area contributed by atoms with E-state index < -0.39 is 0 Å². The maximum atomic E-state index is 5.69. The molecule has 0 aliphatic rings. The van der Waals surface area contributed by atoms with Crippen molar-refractivity contribution < 1.29 is 0 Å². The zero-order valence-electron chi connectivity index (χ0n) is 7.77. The van der Waals surface area contributed by atoms with E-state index >= 15 is 0 Å². The lowest BCUT2D eigenvalue weighted by molar-refractivity contribution is 0.660. The van der Waals surface area contributed by atoms with Crippen LogP contribution in [-0.4, -0.2) is 14.8 Å². The lowest BCUT2D eigenvalue weighted by atomic mass is 10.3.